The minimum absolute atomic E-state index is 0.0536. The van der Waals surface area contributed by atoms with Gasteiger partial charge in [0.05, 0.1) is 5.60 Å². The summed E-state index contributed by atoms with van der Waals surface area (Å²) in [6, 6.07) is 14.8. The summed E-state index contributed by atoms with van der Waals surface area (Å²) < 4.78 is 0. The summed E-state index contributed by atoms with van der Waals surface area (Å²) in [5, 5.41) is 28.6. The first-order chi connectivity index (χ1) is 15.5. The number of anilines is 1. The van der Waals surface area contributed by atoms with Gasteiger partial charge >= 0.3 is 6.03 Å². The van der Waals surface area contributed by atoms with Gasteiger partial charge in [0.2, 0.25) is 0 Å². The molecule has 0 radical (unpaired) electrons. The molecule has 0 aromatic heterocycles. The number of benzene rings is 2. The number of phenols is 1. The third-order valence-electron chi connectivity index (χ3n) is 8.38. The van der Waals surface area contributed by atoms with Gasteiger partial charge in [-0.1, -0.05) is 24.3 Å². The first kappa shape index (κ1) is 20.1. The number of hydrogen-bond donors (Lipinski definition) is 4. The van der Waals surface area contributed by atoms with Gasteiger partial charge in [0.1, 0.15) is 5.75 Å². The SMILES string of the molecule is O=C(Nc1ccccc1)N[C@@H]1C[C@@]23CCN(CC4CC4)[C@H](Cc4ccc(O)cc42)[C@]3(O)C1. The smallest absolute Gasteiger partial charge is 0.319 e. The number of amides is 2. The van der Waals surface area contributed by atoms with E-state index in [1.807, 2.05) is 42.5 Å². The molecule has 2 aromatic carbocycles. The Hall–Kier alpha value is -2.57. The molecule has 2 amide bonds. The third kappa shape index (κ3) is 3.11. The predicted molar refractivity (Wildman–Crippen MR) is 123 cm³/mol. The first-order valence-corrected chi connectivity index (χ1v) is 11.9. The number of nitrogens with one attached hydrogen (secondary N) is 2. The summed E-state index contributed by atoms with van der Waals surface area (Å²) in [4.78, 5) is 15.2. The maximum atomic E-state index is 12.7. The van der Waals surface area contributed by atoms with Gasteiger partial charge in [0, 0.05) is 29.7 Å². The van der Waals surface area contributed by atoms with Crippen LogP contribution in [0.5, 0.6) is 5.75 Å². The monoisotopic (exact) mass is 433 g/mol. The van der Waals surface area contributed by atoms with Crippen LogP contribution < -0.4 is 10.6 Å². The Morgan fingerprint density at radius 3 is 2.72 bits per heavy atom. The van der Waals surface area contributed by atoms with Crippen molar-refractivity contribution in [3.8, 4) is 5.75 Å². The number of fused-ring (bicyclic) bond motifs is 1. The molecule has 6 nitrogen and oxygen atoms in total. The second kappa shape index (κ2) is 7.22. The number of likely N-dealkylation sites (tertiary alicyclic amines) is 1. The van der Waals surface area contributed by atoms with Gasteiger partial charge in [0.25, 0.3) is 0 Å². The number of aliphatic hydroxyl groups is 1. The Balaban J connectivity index is 1.31. The molecule has 4 atom stereocenters. The predicted octanol–water partition coefficient (Wildman–Crippen LogP) is 3.39. The molecule has 168 valence electrons. The van der Waals surface area contributed by atoms with E-state index in [-0.39, 0.29) is 23.9 Å². The maximum Gasteiger partial charge on any atom is 0.319 e. The number of carbonyl (C=O) groups is 1. The lowest BCUT2D eigenvalue weighted by Crippen LogP contribution is -2.69. The molecule has 32 heavy (non-hydrogen) atoms. The van der Waals surface area contributed by atoms with Crippen molar-refractivity contribution in [2.45, 2.75) is 61.6 Å². The van der Waals surface area contributed by atoms with Crippen molar-refractivity contribution in [1.82, 2.24) is 10.2 Å². The summed E-state index contributed by atoms with van der Waals surface area (Å²) in [6.07, 6.45) is 5.46. The molecule has 2 bridgehead atoms. The van der Waals surface area contributed by atoms with Crippen molar-refractivity contribution < 1.29 is 15.0 Å². The summed E-state index contributed by atoms with van der Waals surface area (Å²) >= 11 is 0. The lowest BCUT2D eigenvalue weighted by atomic mass is 9.56. The largest absolute Gasteiger partial charge is 0.508 e. The fourth-order valence-electron chi connectivity index (χ4n) is 6.81. The summed E-state index contributed by atoms with van der Waals surface area (Å²) in [7, 11) is 0. The highest BCUT2D eigenvalue weighted by Crippen LogP contribution is 2.60. The molecule has 3 fully saturated rings. The van der Waals surface area contributed by atoms with Gasteiger partial charge in [-0.2, -0.15) is 0 Å². The third-order valence-corrected chi connectivity index (χ3v) is 8.38. The van der Waals surface area contributed by atoms with E-state index in [0.717, 1.165) is 43.1 Å². The number of urea groups is 1. The highest BCUT2D eigenvalue weighted by atomic mass is 16.3. The normalized spacial score (nSPS) is 33.3. The van der Waals surface area contributed by atoms with Crippen LogP contribution in [0.25, 0.3) is 0 Å². The second-order valence-corrected chi connectivity index (χ2v) is 10.3. The van der Waals surface area contributed by atoms with Crippen LogP contribution in [0.3, 0.4) is 0 Å². The molecular weight excluding hydrogens is 402 g/mol. The number of piperidine rings is 1. The Kier molecular flexibility index (Phi) is 4.53. The minimum atomic E-state index is -0.911. The number of nitrogens with zero attached hydrogens (tertiary/aromatic N) is 1. The van der Waals surface area contributed by atoms with Crippen molar-refractivity contribution in [2.75, 3.05) is 18.4 Å². The molecule has 1 heterocycles. The van der Waals surface area contributed by atoms with Crippen molar-refractivity contribution in [1.29, 1.82) is 0 Å². The number of carbonyl (C=O) groups excluding carboxylic acids is 1. The van der Waals surface area contributed by atoms with Gasteiger partial charge in [-0.15, -0.1) is 0 Å². The van der Waals surface area contributed by atoms with Crippen LogP contribution in [0, 0.1) is 5.92 Å². The zero-order valence-corrected chi connectivity index (χ0v) is 18.3. The van der Waals surface area contributed by atoms with E-state index in [1.165, 1.54) is 18.4 Å². The summed E-state index contributed by atoms with van der Waals surface area (Å²) in [5.41, 5.74) is 1.71. The number of rotatable bonds is 4. The highest BCUT2D eigenvalue weighted by Gasteiger charge is 2.67. The molecule has 1 saturated heterocycles. The minimum Gasteiger partial charge on any atom is -0.508 e. The number of para-hydroxylation sites is 1. The van der Waals surface area contributed by atoms with E-state index in [1.54, 1.807) is 6.07 Å². The van der Waals surface area contributed by atoms with Crippen LogP contribution in [0.4, 0.5) is 10.5 Å². The average Bonchev–Trinajstić information content (AvgIpc) is 3.52. The van der Waals surface area contributed by atoms with Crippen LogP contribution >= 0.6 is 0 Å². The van der Waals surface area contributed by atoms with E-state index in [2.05, 4.69) is 15.5 Å². The van der Waals surface area contributed by atoms with Crippen molar-refractivity contribution >= 4 is 11.7 Å². The molecule has 2 aromatic rings. The van der Waals surface area contributed by atoms with E-state index in [4.69, 9.17) is 0 Å². The Morgan fingerprint density at radius 1 is 1.12 bits per heavy atom. The van der Waals surface area contributed by atoms with E-state index in [9.17, 15) is 15.0 Å². The molecule has 2 saturated carbocycles. The number of phenolic OH excluding ortho intramolecular Hbond substituents is 1. The van der Waals surface area contributed by atoms with Crippen LogP contribution in [0.15, 0.2) is 48.5 Å². The molecule has 6 heteroatoms. The molecule has 4 N–H and O–H groups in total. The second-order valence-electron chi connectivity index (χ2n) is 10.3. The zero-order valence-electron chi connectivity index (χ0n) is 18.3. The van der Waals surface area contributed by atoms with E-state index in [0.29, 0.717) is 12.8 Å². The Morgan fingerprint density at radius 2 is 1.94 bits per heavy atom. The van der Waals surface area contributed by atoms with E-state index < -0.39 is 11.0 Å². The van der Waals surface area contributed by atoms with E-state index >= 15 is 0 Å². The quantitative estimate of drug-likeness (QED) is 0.596. The molecule has 6 rings (SSSR count). The first-order valence-electron chi connectivity index (χ1n) is 11.9. The number of hydrogen-bond acceptors (Lipinski definition) is 4. The molecule has 3 aliphatic carbocycles. The fraction of sp³-hybridized carbons (Fsp3) is 0.500. The van der Waals surface area contributed by atoms with Crippen molar-refractivity contribution in [3.63, 3.8) is 0 Å². The van der Waals surface area contributed by atoms with Gasteiger partial charge < -0.3 is 20.8 Å². The van der Waals surface area contributed by atoms with Gasteiger partial charge in [-0.3, -0.25) is 4.90 Å². The van der Waals surface area contributed by atoms with Crippen LogP contribution in [-0.2, 0) is 11.8 Å². The number of aromatic hydroxyl groups is 1. The van der Waals surface area contributed by atoms with Crippen LogP contribution in [0.2, 0.25) is 0 Å². The van der Waals surface area contributed by atoms with Crippen molar-refractivity contribution in [2.24, 2.45) is 5.92 Å². The highest BCUT2D eigenvalue weighted by molar-refractivity contribution is 5.89. The Bertz CT molecular complexity index is 1040. The standard InChI is InChI=1S/C26H31N3O3/c30-21-9-8-18-12-23-26(32)15-20(28-24(31)27-19-4-2-1-3-5-19)14-25(26,22(18)13-21)10-11-29(23)16-17-6-7-17/h1-5,8-9,13,17,20,23,30,32H,6-7,10-12,14-16H2,(H2,27,28,31)/t20-,23-,25+,26-/m1/s1. The summed E-state index contributed by atoms with van der Waals surface area (Å²) in [5.74, 6) is 1.01. The van der Waals surface area contributed by atoms with Crippen molar-refractivity contribution in [3.05, 3.63) is 59.7 Å². The average molecular weight is 434 g/mol. The van der Waals surface area contributed by atoms with Crippen LogP contribution in [-0.4, -0.2) is 51.9 Å². The topological polar surface area (TPSA) is 84.8 Å². The zero-order chi connectivity index (χ0) is 21.9. The molecular formula is C26H31N3O3. The van der Waals surface area contributed by atoms with Gasteiger partial charge in [-0.05, 0) is 86.4 Å². The molecule has 4 aliphatic rings. The Labute approximate surface area is 188 Å². The molecule has 1 aliphatic heterocycles. The fourth-order valence-corrected chi connectivity index (χ4v) is 6.81. The van der Waals surface area contributed by atoms with Gasteiger partial charge in [-0.25, -0.2) is 4.79 Å². The lowest BCUT2D eigenvalue weighted by Gasteiger charge is -2.59. The van der Waals surface area contributed by atoms with Crippen LogP contribution in [0.1, 0.15) is 43.2 Å². The maximum absolute atomic E-state index is 12.7. The van der Waals surface area contributed by atoms with Gasteiger partial charge in [0.15, 0.2) is 0 Å². The molecule has 0 spiro atoms. The molecule has 0 unspecified atom stereocenters. The summed E-state index contributed by atoms with van der Waals surface area (Å²) in [6.45, 7) is 2.02. The lowest BCUT2D eigenvalue weighted by molar-refractivity contribution is -0.131.